The van der Waals surface area contributed by atoms with Gasteiger partial charge in [0.05, 0.1) is 12.1 Å². The summed E-state index contributed by atoms with van der Waals surface area (Å²) in [6.45, 7) is 0. The van der Waals surface area contributed by atoms with Gasteiger partial charge in [0.25, 0.3) is 0 Å². The summed E-state index contributed by atoms with van der Waals surface area (Å²) in [7, 11) is 1.63. The van der Waals surface area contributed by atoms with Crippen molar-refractivity contribution in [2.75, 3.05) is 7.11 Å². The van der Waals surface area contributed by atoms with E-state index in [2.05, 4.69) is 51.3 Å². The fourth-order valence-electron chi connectivity index (χ4n) is 2.95. The van der Waals surface area contributed by atoms with Crippen molar-refractivity contribution in [1.29, 1.82) is 0 Å². The van der Waals surface area contributed by atoms with E-state index in [0.29, 0.717) is 10.8 Å². The largest absolute Gasteiger partial charge is 0.495 e. The second kappa shape index (κ2) is 5.18. The molecule has 3 aromatic rings. The van der Waals surface area contributed by atoms with Gasteiger partial charge in [-0.15, -0.1) is 0 Å². The van der Waals surface area contributed by atoms with E-state index in [9.17, 15) is 0 Å². The molecule has 0 amide bonds. The summed E-state index contributed by atoms with van der Waals surface area (Å²) in [6.07, 6.45) is 3.18. The second-order valence-corrected chi connectivity index (χ2v) is 6.77. The molecule has 4 rings (SSSR count). The lowest BCUT2D eigenvalue weighted by molar-refractivity contribution is 0.415. The first-order chi connectivity index (χ1) is 10.6. The normalized spacial score (nSPS) is 13.3. The van der Waals surface area contributed by atoms with Crippen LogP contribution in [0.15, 0.2) is 40.9 Å². The van der Waals surface area contributed by atoms with Gasteiger partial charge in [0.15, 0.2) is 0 Å². The fraction of sp³-hybridized carbons (Fsp3) is 0.111. The van der Waals surface area contributed by atoms with Gasteiger partial charge < -0.3 is 9.72 Å². The summed E-state index contributed by atoms with van der Waals surface area (Å²) in [5.41, 5.74) is 6.09. The average molecular weight is 375 g/mol. The highest BCUT2D eigenvalue weighted by atomic mass is 79.9. The van der Waals surface area contributed by atoms with E-state index in [1.807, 2.05) is 12.1 Å². The molecule has 110 valence electrons. The zero-order chi connectivity index (χ0) is 15.3. The smallest absolute Gasteiger partial charge is 0.139 e. The number of benzene rings is 2. The van der Waals surface area contributed by atoms with Crippen LogP contribution in [-0.4, -0.2) is 12.1 Å². The van der Waals surface area contributed by atoms with E-state index in [4.69, 9.17) is 16.3 Å². The third-order valence-electron chi connectivity index (χ3n) is 4.05. The number of hydrogen-bond donors (Lipinski definition) is 1. The molecule has 0 saturated carbocycles. The molecule has 0 bridgehead atoms. The van der Waals surface area contributed by atoms with E-state index < -0.39 is 0 Å². The van der Waals surface area contributed by atoms with Crippen LogP contribution in [0.2, 0.25) is 5.02 Å². The Morgan fingerprint density at radius 1 is 1.18 bits per heavy atom. The molecule has 1 N–H and O–H groups in total. The van der Waals surface area contributed by atoms with Crippen molar-refractivity contribution in [2.45, 2.75) is 6.42 Å². The molecule has 2 aromatic carbocycles. The maximum absolute atomic E-state index is 6.20. The number of ether oxygens (including phenoxy) is 1. The van der Waals surface area contributed by atoms with E-state index in [1.165, 1.54) is 16.7 Å². The molecule has 0 radical (unpaired) electrons. The lowest BCUT2D eigenvalue weighted by Crippen LogP contribution is -1.86. The van der Waals surface area contributed by atoms with E-state index in [-0.39, 0.29) is 0 Å². The third-order valence-corrected chi connectivity index (χ3v) is 4.84. The highest BCUT2D eigenvalue weighted by molar-refractivity contribution is 9.10. The predicted octanol–water partition coefficient (Wildman–Crippen LogP) is 5.69. The Morgan fingerprint density at radius 2 is 2.05 bits per heavy atom. The molecule has 0 spiro atoms. The molecule has 1 aromatic heterocycles. The van der Waals surface area contributed by atoms with Crippen molar-refractivity contribution >= 4 is 50.1 Å². The number of hydrogen-bond acceptors (Lipinski definition) is 1. The molecule has 0 unspecified atom stereocenters. The highest BCUT2D eigenvalue weighted by Crippen LogP contribution is 2.36. The van der Waals surface area contributed by atoms with Crippen molar-refractivity contribution in [1.82, 2.24) is 4.98 Å². The SMILES string of the molecule is COc1cc2[nH]c(C3=Cc4ccc(Br)cc4C3)cc2cc1Cl. The van der Waals surface area contributed by atoms with Gasteiger partial charge in [-0.05, 0) is 47.0 Å². The average Bonchev–Trinajstić information content (AvgIpc) is 3.08. The number of H-pyrrole nitrogens is 1. The van der Waals surface area contributed by atoms with Crippen molar-refractivity contribution in [3.05, 3.63) is 62.7 Å². The third kappa shape index (κ3) is 2.25. The Hall–Kier alpha value is -1.71. The van der Waals surface area contributed by atoms with Crippen LogP contribution in [-0.2, 0) is 6.42 Å². The number of methoxy groups -OCH3 is 1. The summed E-state index contributed by atoms with van der Waals surface area (Å²) in [5, 5.41) is 1.73. The molecule has 4 heteroatoms. The quantitative estimate of drug-likeness (QED) is 0.612. The van der Waals surface area contributed by atoms with E-state index >= 15 is 0 Å². The molecule has 0 saturated heterocycles. The maximum Gasteiger partial charge on any atom is 0.139 e. The van der Waals surface area contributed by atoms with Crippen LogP contribution in [0.3, 0.4) is 0 Å². The van der Waals surface area contributed by atoms with Gasteiger partial charge in [-0.2, -0.15) is 0 Å². The van der Waals surface area contributed by atoms with Gasteiger partial charge in [0.1, 0.15) is 5.75 Å². The molecule has 22 heavy (non-hydrogen) atoms. The minimum Gasteiger partial charge on any atom is -0.495 e. The van der Waals surface area contributed by atoms with E-state index in [0.717, 1.165) is 27.5 Å². The van der Waals surface area contributed by atoms with Gasteiger partial charge >= 0.3 is 0 Å². The van der Waals surface area contributed by atoms with Crippen LogP contribution in [0.25, 0.3) is 22.6 Å². The number of aromatic amines is 1. The minimum absolute atomic E-state index is 0.633. The Kier molecular flexibility index (Phi) is 3.28. The summed E-state index contributed by atoms with van der Waals surface area (Å²) in [6, 6.07) is 12.4. The molecule has 1 heterocycles. The Morgan fingerprint density at radius 3 is 2.86 bits per heavy atom. The number of allylic oxidation sites excluding steroid dienone is 1. The summed E-state index contributed by atoms with van der Waals surface area (Å²) in [4.78, 5) is 3.47. The van der Waals surface area contributed by atoms with Crippen LogP contribution in [0.4, 0.5) is 0 Å². The van der Waals surface area contributed by atoms with Crippen LogP contribution in [0.1, 0.15) is 16.8 Å². The number of nitrogens with one attached hydrogen (secondary N) is 1. The van der Waals surface area contributed by atoms with E-state index in [1.54, 1.807) is 7.11 Å². The number of aromatic nitrogens is 1. The molecule has 0 fully saturated rings. The molecule has 0 aliphatic heterocycles. The first kappa shape index (κ1) is 13.9. The Labute approximate surface area is 141 Å². The van der Waals surface area contributed by atoms with Crippen molar-refractivity contribution in [3.8, 4) is 5.75 Å². The molecule has 1 aliphatic carbocycles. The van der Waals surface area contributed by atoms with Gasteiger partial charge in [-0.3, -0.25) is 0 Å². The minimum atomic E-state index is 0.633. The molecule has 0 atom stereocenters. The topological polar surface area (TPSA) is 25.0 Å². The summed E-state index contributed by atoms with van der Waals surface area (Å²) >= 11 is 9.74. The van der Waals surface area contributed by atoms with Crippen molar-refractivity contribution in [2.24, 2.45) is 0 Å². The fourth-order valence-corrected chi connectivity index (χ4v) is 3.61. The lowest BCUT2D eigenvalue weighted by atomic mass is 10.1. The highest BCUT2D eigenvalue weighted by Gasteiger charge is 2.16. The van der Waals surface area contributed by atoms with Crippen LogP contribution < -0.4 is 4.74 Å². The molecular formula is C18H13BrClNO. The van der Waals surface area contributed by atoms with Crippen molar-refractivity contribution in [3.63, 3.8) is 0 Å². The van der Waals surface area contributed by atoms with Gasteiger partial charge in [0, 0.05) is 33.6 Å². The van der Waals surface area contributed by atoms with Crippen LogP contribution >= 0.6 is 27.5 Å². The molecular weight excluding hydrogens is 362 g/mol. The molecule has 2 nitrogen and oxygen atoms in total. The van der Waals surface area contributed by atoms with Gasteiger partial charge in [-0.1, -0.05) is 33.6 Å². The zero-order valence-electron chi connectivity index (χ0n) is 11.9. The van der Waals surface area contributed by atoms with Crippen LogP contribution in [0.5, 0.6) is 5.75 Å². The number of rotatable bonds is 2. The standard InChI is InChI=1S/C18H13BrClNO/c1-22-18-9-17-13(7-15(18)20)8-16(21-17)12-4-10-2-3-14(19)6-11(10)5-12/h2-4,6-9,21H,5H2,1H3. The lowest BCUT2D eigenvalue weighted by Gasteiger charge is -2.01. The second-order valence-electron chi connectivity index (χ2n) is 5.45. The molecule has 1 aliphatic rings. The number of halogens is 2. The summed E-state index contributed by atoms with van der Waals surface area (Å²) in [5.74, 6) is 0.690. The maximum atomic E-state index is 6.20. The van der Waals surface area contributed by atoms with Crippen molar-refractivity contribution < 1.29 is 4.74 Å². The van der Waals surface area contributed by atoms with Crippen LogP contribution in [0, 0.1) is 0 Å². The Bertz CT molecular complexity index is 926. The first-order valence-corrected chi connectivity index (χ1v) is 8.17. The predicted molar refractivity (Wildman–Crippen MR) is 95.6 cm³/mol. The van der Waals surface area contributed by atoms with Gasteiger partial charge in [0.2, 0.25) is 0 Å². The monoisotopic (exact) mass is 373 g/mol. The Balaban J connectivity index is 1.77. The van der Waals surface area contributed by atoms with Gasteiger partial charge in [-0.25, -0.2) is 0 Å². The zero-order valence-corrected chi connectivity index (χ0v) is 14.3. The first-order valence-electron chi connectivity index (χ1n) is 6.99. The number of fused-ring (bicyclic) bond motifs is 2. The summed E-state index contributed by atoms with van der Waals surface area (Å²) < 4.78 is 6.40.